The number of ether oxygens (including phenoxy) is 1. The average Bonchev–Trinajstić information content (AvgIpc) is 3.02. The molecule has 0 fully saturated rings. The van der Waals surface area contributed by atoms with Crippen LogP contribution < -0.4 is 0 Å². The summed E-state index contributed by atoms with van der Waals surface area (Å²) in [7, 11) is 1.35. The number of fused-ring (bicyclic) bond motifs is 1. The van der Waals surface area contributed by atoms with Gasteiger partial charge in [-0.15, -0.1) is 0 Å². The molecule has 0 saturated carbocycles. The van der Waals surface area contributed by atoms with Crippen molar-refractivity contribution in [2.75, 3.05) is 7.11 Å². The maximum Gasteiger partial charge on any atom is 0.356 e. The Morgan fingerprint density at radius 3 is 2.61 bits per heavy atom. The molecule has 0 aliphatic heterocycles. The van der Waals surface area contributed by atoms with Crippen LogP contribution in [0.4, 0.5) is 0 Å². The number of para-hydroxylation sites is 1. The van der Waals surface area contributed by atoms with E-state index < -0.39 is 5.97 Å². The SMILES string of the molecule is COC(=O)C(=Cc1c[nH]c2ccccc12)N=Cc1ccccc1. The van der Waals surface area contributed by atoms with Crippen LogP contribution in [-0.2, 0) is 9.53 Å². The van der Waals surface area contributed by atoms with E-state index in [1.54, 1.807) is 12.3 Å². The molecule has 0 radical (unpaired) electrons. The third kappa shape index (κ3) is 3.37. The Morgan fingerprint density at radius 2 is 1.83 bits per heavy atom. The van der Waals surface area contributed by atoms with E-state index in [0.29, 0.717) is 0 Å². The number of hydrogen-bond donors (Lipinski definition) is 1. The number of aliphatic imine (C=N–C) groups is 1. The Morgan fingerprint density at radius 1 is 1.09 bits per heavy atom. The van der Waals surface area contributed by atoms with Crippen molar-refractivity contribution in [3.05, 3.63) is 77.6 Å². The average molecular weight is 304 g/mol. The van der Waals surface area contributed by atoms with E-state index in [2.05, 4.69) is 9.98 Å². The van der Waals surface area contributed by atoms with Gasteiger partial charge >= 0.3 is 5.97 Å². The first-order valence-corrected chi connectivity index (χ1v) is 7.23. The number of esters is 1. The molecule has 3 rings (SSSR count). The van der Waals surface area contributed by atoms with Crippen LogP contribution in [0.15, 0.2) is 71.5 Å². The van der Waals surface area contributed by atoms with Gasteiger partial charge in [-0.1, -0.05) is 48.5 Å². The molecule has 1 N–H and O–H groups in total. The van der Waals surface area contributed by atoms with Crippen LogP contribution in [0.2, 0.25) is 0 Å². The van der Waals surface area contributed by atoms with Gasteiger partial charge in [-0.25, -0.2) is 9.79 Å². The van der Waals surface area contributed by atoms with Crippen LogP contribution in [0.3, 0.4) is 0 Å². The number of hydrogen-bond acceptors (Lipinski definition) is 3. The summed E-state index contributed by atoms with van der Waals surface area (Å²) in [5, 5.41) is 1.03. The Balaban J connectivity index is 1.99. The standard InChI is InChI=1S/C19H16N2O2/c1-23-19(22)18(20-12-14-7-3-2-4-8-14)11-15-13-21-17-10-6-5-9-16(15)17/h2-13,21H,1H3. The van der Waals surface area contributed by atoms with E-state index in [4.69, 9.17) is 4.74 Å². The lowest BCUT2D eigenvalue weighted by Crippen LogP contribution is -2.03. The summed E-state index contributed by atoms with van der Waals surface area (Å²) >= 11 is 0. The van der Waals surface area contributed by atoms with Gasteiger partial charge in [0.15, 0.2) is 0 Å². The number of nitrogens with zero attached hydrogens (tertiary/aromatic N) is 1. The normalized spacial score (nSPS) is 12.0. The first kappa shape index (κ1) is 14.8. The minimum Gasteiger partial charge on any atom is -0.464 e. The zero-order valence-corrected chi connectivity index (χ0v) is 12.7. The minimum atomic E-state index is -0.470. The maximum absolute atomic E-state index is 12.0. The van der Waals surface area contributed by atoms with E-state index >= 15 is 0 Å². The number of benzene rings is 2. The van der Waals surface area contributed by atoms with E-state index in [1.807, 2.05) is 60.8 Å². The number of rotatable bonds is 4. The Labute approximate surface area is 134 Å². The van der Waals surface area contributed by atoms with Crippen LogP contribution in [0, 0.1) is 0 Å². The fourth-order valence-electron chi connectivity index (χ4n) is 2.30. The number of aromatic nitrogens is 1. The molecule has 0 aliphatic rings. The first-order valence-electron chi connectivity index (χ1n) is 7.23. The van der Waals surface area contributed by atoms with Crippen LogP contribution in [-0.4, -0.2) is 24.3 Å². The molecule has 0 amide bonds. The van der Waals surface area contributed by atoms with Crippen molar-refractivity contribution in [3.63, 3.8) is 0 Å². The summed E-state index contributed by atoms with van der Waals surface area (Å²) in [5.74, 6) is -0.470. The number of aromatic amines is 1. The van der Waals surface area contributed by atoms with Crippen molar-refractivity contribution in [2.45, 2.75) is 0 Å². The van der Waals surface area contributed by atoms with E-state index in [1.165, 1.54) is 7.11 Å². The van der Waals surface area contributed by atoms with Gasteiger partial charge < -0.3 is 9.72 Å². The zero-order valence-electron chi connectivity index (χ0n) is 12.7. The van der Waals surface area contributed by atoms with Crippen molar-refractivity contribution in [1.82, 2.24) is 4.98 Å². The second-order valence-corrected chi connectivity index (χ2v) is 4.98. The molecule has 0 aliphatic carbocycles. The topological polar surface area (TPSA) is 54.5 Å². The molecule has 114 valence electrons. The smallest absolute Gasteiger partial charge is 0.356 e. The molecule has 2 aromatic carbocycles. The predicted octanol–water partition coefficient (Wildman–Crippen LogP) is 3.80. The monoisotopic (exact) mass is 304 g/mol. The Bertz CT molecular complexity index is 877. The molecule has 0 saturated heterocycles. The van der Waals surface area contributed by atoms with Gasteiger partial charge in [0.2, 0.25) is 0 Å². The molecule has 0 spiro atoms. The molecule has 3 aromatic rings. The molecule has 4 nitrogen and oxygen atoms in total. The summed E-state index contributed by atoms with van der Waals surface area (Å²) in [6.07, 6.45) is 5.23. The highest BCUT2D eigenvalue weighted by atomic mass is 16.5. The molecule has 23 heavy (non-hydrogen) atoms. The third-order valence-electron chi connectivity index (χ3n) is 3.46. The molecule has 0 unspecified atom stereocenters. The van der Waals surface area contributed by atoms with Gasteiger partial charge in [0.25, 0.3) is 0 Å². The van der Waals surface area contributed by atoms with Crippen LogP contribution in [0.1, 0.15) is 11.1 Å². The second kappa shape index (κ2) is 6.75. The van der Waals surface area contributed by atoms with E-state index in [0.717, 1.165) is 22.0 Å². The van der Waals surface area contributed by atoms with Crippen molar-refractivity contribution < 1.29 is 9.53 Å². The van der Waals surface area contributed by atoms with Gasteiger partial charge in [-0.2, -0.15) is 0 Å². The Kier molecular flexibility index (Phi) is 4.34. The number of nitrogens with one attached hydrogen (secondary N) is 1. The number of carbonyl (C=O) groups excluding carboxylic acids is 1. The summed E-state index contributed by atoms with van der Waals surface area (Å²) in [4.78, 5) is 19.5. The number of H-pyrrole nitrogens is 1. The molecule has 1 aromatic heterocycles. The third-order valence-corrected chi connectivity index (χ3v) is 3.46. The van der Waals surface area contributed by atoms with Crippen LogP contribution in [0.25, 0.3) is 17.0 Å². The van der Waals surface area contributed by atoms with Gasteiger partial charge in [-0.05, 0) is 17.7 Å². The fourth-order valence-corrected chi connectivity index (χ4v) is 2.30. The number of methoxy groups -OCH3 is 1. The van der Waals surface area contributed by atoms with Crippen LogP contribution in [0.5, 0.6) is 0 Å². The molecular formula is C19H16N2O2. The molecule has 0 atom stereocenters. The lowest BCUT2D eigenvalue weighted by Gasteiger charge is -2.00. The molecule has 4 heteroatoms. The summed E-state index contributed by atoms with van der Waals surface area (Å²) in [6, 6.07) is 17.5. The summed E-state index contributed by atoms with van der Waals surface area (Å²) in [6.45, 7) is 0. The highest BCUT2D eigenvalue weighted by molar-refractivity contribution is 5.99. The molecular weight excluding hydrogens is 288 g/mol. The van der Waals surface area contributed by atoms with Crippen molar-refractivity contribution in [1.29, 1.82) is 0 Å². The Hall–Kier alpha value is -3.14. The van der Waals surface area contributed by atoms with Gasteiger partial charge in [0.05, 0.1) is 7.11 Å². The van der Waals surface area contributed by atoms with Crippen molar-refractivity contribution in [3.8, 4) is 0 Å². The highest BCUT2D eigenvalue weighted by Crippen LogP contribution is 2.21. The van der Waals surface area contributed by atoms with E-state index in [9.17, 15) is 4.79 Å². The van der Waals surface area contributed by atoms with Crippen LogP contribution >= 0.6 is 0 Å². The molecule has 1 heterocycles. The summed E-state index contributed by atoms with van der Waals surface area (Å²) < 4.78 is 4.83. The maximum atomic E-state index is 12.0. The predicted molar refractivity (Wildman–Crippen MR) is 92.3 cm³/mol. The first-order chi connectivity index (χ1) is 11.3. The lowest BCUT2D eigenvalue weighted by atomic mass is 10.1. The number of carbonyl (C=O) groups is 1. The quantitative estimate of drug-likeness (QED) is 0.453. The van der Waals surface area contributed by atoms with E-state index in [-0.39, 0.29) is 5.70 Å². The fraction of sp³-hybridized carbons (Fsp3) is 0.0526. The van der Waals surface area contributed by atoms with Crippen molar-refractivity contribution >= 4 is 29.2 Å². The van der Waals surface area contributed by atoms with Crippen molar-refractivity contribution in [2.24, 2.45) is 4.99 Å². The highest BCUT2D eigenvalue weighted by Gasteiger charge is 2.10. The summed E-state index contributed by atoms with van der Waals surface area (Å²) in [5.41, 5.74) is 3.07. The minimum absolute atomic E-state index is 0.251. The van der Waals surface area contributed by atoms with Gasteiger partial charge in [0.1, 0.15) is 5.70 Å². The lowest BCUT2D eigenvalue weighted by molar-refractivity contribution is -0.136. The zero-order chi connectivity index (χ0) is 16.1. The largest absolute Gasteiger partial charge is 0.464 e. The molecule has 0 bridgehead atoms. The van der Waals surface area contributed by atoms with Gasteiger partial charge in [0, 0.05) is 28.9 Å². The second-order valence-electron chi connectivity index (χ2n) is 4.98. The van der Waals surface area contributed by atoms with Gasteiger partial charge in [-0.3, -0.25) is 0 Å².